The van der Waals surface area contributed by atoms with E-state index in [1.807, 2.05) is 17.0 Å². The number of methoxy groups -OCH3 is 1. The lowest BCUT2D eigenvalue weighted by atomic mass is 10.1. The average molecular weight is 440 g/mol. The molecule has 1 atom stereocenters. The summed E-state index contributed by atoms with van der Waals surface area (Å²) in [6, 6.07) is 6.72. The van der Waals surface area contributed by atoms with Crippen molar-refractivity contribution in [1.82, 2.24) is 14.3 Å². The highest BCUT2D eigenvalue weighted by molar-refractivity contribution is 7.88. The molecule has 2 fully saturated rings. The summed E-state index contributed by atoms with van der Waals surface area (Å²) in [6.45, 7) is 1.24. The normalized spacial score (nSPS) is 19.3. The smallest absolute Gasteiger partial charge is 0.325 e. The molecule has 0 aromatic heterocycles. The average Bonchev–Trinajstić information content (AvgIpc) is 3.59. The van der Waals surface area contributed by atoms with E-state index in [1.54, 1.807) is 12.1 Å². The molecule has 2 aliphatic rings. The van der Waals surface area contributed by atoms with Gasteiger partial charge in [0.1, 0.15) is 6.04 Å². The van der Waals surface area contributed by atoms with Crippen LogP contribution in [0.25, 0.3) is 0 Å². The van der Waals surface area contributed by atoms with Crippen molar-refractivity contribution in [2.24, 2.45) is 0 Å². The Labute approximate surface area is 177 Å². The first-order chi connectivity index (χ1) is 14.2. The topological polar surface area (TPSA) is 96.5 Å². The van der Waals surface area contributed by atoms with Gasteiger partial charge < -0.3 is 4.74 Å². The van der Waals surface area contributed by atoms with Crippen LogP contribution in [0.3, 0.4) is 0 Å². The minimum absolute atomic E-state index is 0.0226. The summed E-state index contributed by atoms with van der Waals surface area (Å²) in [5.41, 5.74) is 1.71. The van der Waals surface area contributed by atoms with Crippen molar-refractivity contribution in [3.05, 3.63) is 35.4 Å². The predicted molar refractivity (Wildman–Crippen MR) is 110 cm³/mol. The molecule has 3 rings (SSSR count). The summed E-state index contributed by atoms with van der Waals surface area (Å²) in [7, 11) is -0.611. The van der Waals surface area contributed by atoms with E-state index < -0.39 is 22.0 Å². The molecular formula is C20H29N3O6S. The van der Waals surface area contributed by atoms with Crippen molar-refractivity contribution in [3.8, 4) is 0 Å². The van der Waals surface area contributed by atoms with Gasteiger partial charge in [0.2, 0.25) is 10.0 Å². The van der Waals surface area contributed by atoms with Crippen LogP contribution in [-0.2, 0) is 24.4 Å². The molecule has 0 radical (unpaired) electrons. The fourth-order valence-corrected chi connectivity index (χ4v) is 4.50. The highest BCUT2D eigenvalue weighted by atomic mass is 32.2. The first-order valence-electron chi connectivity index (χ1n) is 9.97. The number of hydroxylamine groups is 2. The number of benzene rings is 1. The summed E-state index contributed by atoms with van der Waals surface area (Å²) in [5.74, 6) is -0.243. The highest BCUT2D eigenvalue weighted by Gasteiger charge is 2.35. The lowest BCUT2D eigenvalue weighted by Gasteiger charge is -2.38. The summed E-state index contributed by atoms with van der Waals surface area (Å²) in [4.78, 5) is 32.5. The predicted octanol–water partition coefficient (Wildman–Crippen LogP) is 0.686. The van der Waals surface area contributed by atoms with Crippen molar-refractivity contribution in [2.75, 3.05) is 53.2 Å². The monoisotopic (exact) mass is 439 g/mol. The molecule has 1 aromatic carbocycles. The van der Waals surface area contributed by atoms with Crippen LogP contribution in [-0.4, -0.2) is 93.8 Å². The Balaban J connectivity index is 1.69. The van der Waals surface area contributed by atoms with E-state index in [4.69, 9.17) is 9.57 Å². The molecule has 0 unspecified atom stereocenters. The third-order valence-corrected chi connectivity index (χ3v) is 6.95. The fraction of sp³-hybridized carbons (Fsp3) is 0.600. The maximum atomic E-state index is 12.9. The minimum Gasteiger partial charge on any atom is -0.468 e. The molecular weight excluding hydrogens is 410 g/mol. The molecule has 1 aromatic rings. The molecule has 1 amide bonds. The number of ether oxygens (including phenoxy) is 1. The van der Waals surface area contributed by atoms with Crippen LogP contribution in [0.1, 0.15) is 34.7 Å². The molecule has 30 heavy (non-hydrogen) atoms. The number of hydrogen-bond donors (Lipinski definition) is 0. The Bertz CT molecular complexity index is 861. The van der Waals surface area contributed by atoms with Gasteiger partial charge in [-0.15, -0.1) is 0 Å². The Morgan fingerprint density at radius 3 is 2.17 bits per heavy atom. The summed E-state index contributed by atoms with van der Waals surface area (Å²) < 4.78 is 29.8. The molecule has 1 saturated carbocycles. The lowest BCUT2D eigenvalue weighted by molar-refractivity contribution is -0.155. The maximum Gasteiger partial charge on any atom is 0.325 e. The summed E-state index contributed by atoms with van der Waals surface area (Å²) in [6.07, 6.45) is 3.54. The molecule has 1 heterocycles. The fourth-order valence-electron chi connectivity index (χ4n) is 3.68. The summed E-state index contributed by atoms with van der Waals surface area (Å²) >= 11 is 0. The van der Waals surface area contributed by atoms with Crippen LogP contribution < -0.4 is 0 Å². The minimum atomic E-state index is -3.28. The van der Waals surface area contributed by atoms with Crippen LogP contribution in [0.4, 0.5) is 0 Å². The third-order valence-electron chi connectivity index (χ3n) is 5.65. The molecule has 9 nitrogen and oxygen atoms in total. The van der Waals surface area contributed by atoms with Crippen molar-refractivity contribution >= 4 is 21.9 Å². The molecule has 10 heteroatoms. The second kappa shape index (κ2) is 9.42. The molecule has 0 spiro atoms. The van der Waals surface area contributed by atoms with Crippen LogP contribution >= 0.6 is 0 Å². The van der Waals surface area contributed by atoms with E-state index in [0.29, 0.717) is 24.6 Å². The zero-order valence-corrected chi connectivity index (χ0v) is 18.4. The number of esters is 1. The SMILES string of the molecule is COC(=O)[C@H](CN(OC)C(=O)c1ccc(C2CC2)cc1)N1CCN(S(C)(=O)=O)CC1. The quantitative estimate of drug-likeness (QED) is 0.434. The van der Waals surface area contributed by atoms with E-state index >= 15 is 0 Å². The number of hydrogen-bond acceptors (Lipinski definition) is 7. The summed E-state index contributed by atoms with van der Waals surface area (Å²) in [5, 5.41) is 1.15. The number of piperazine rings is 1. The van der Waals surface area contributed by atoms with E-state index in [9.17, 15) is 18.0 Å². The Morgan fingerprint density at radius 2 is 1.70 bits per heavy atom. The Kier molecular flexibility index (Phi) is 7.12. The Morgan fingerprint density at radius 1 is 1.10 bits per heavy atom. The van der Waals surface area contributed by atoms with Gasteiger partial charge in [0.15, 0.2) is 0 Å². The van der Waals surface area contributed by atoms with Gasteiger partial charge >= 0.3 is 5.97 Å². The van der Waals surface area contributed by atoms with Gasteiger partial charge in [-0.3, -0.25) is 19.3 Å². The van der Waals surface area contributed by atoms with E-state index in [0.717, 1.165) is 5.06 Å². The standard InChI is InChI=1S/C20H29N3O6S/c1-28-20(25)18(21-10-12-22(13-11-21)30(3,26)27)14-23(29-2)19(24)17-8-6-16(7-9-17)15-4-5-15/h6-9,15,18H,4-5,10-14H2,1-3H3/t18-/m0/s1. The second-order valence-corrected chi connectivity index (χ2v) is 9.66. The zero-order valence-electron chi connectivity index (χ0n) is 17.6. The molecule has 166 valence electrons. The lowest BCUT2D eigenvalue weighted by Crippen LogP contribution is -2.57. The van der Waals surface area contributed by atoms with Crippen LogP contribution in [0.15, 0.2) is 24.3 Å². The van der Waals surface area contributed by atoms with Crippen molar-refractivity contribution in [1.29, 1.82) is 0 Å². The van der Waals surface area contributed by atoms with Crippen molar-refractivity contribution in [2.45, 2.75) is 24.8 Å². The zero-order chi connectivity index (χ0) is 21.9. The van der Waals surface area contributed by atoms with Crippen LogP contribution in [0.5, 0.6) is 0 Å². The van der Waals surface area contributed by atoms with E-state index in [1.165, 1.54) is 43.2 Å². The first kappa shape index (κ1) is 22.7. The number of carbonyl (C=O) groups is 2. The van der Waals surface area contributed by atoms with Crippen molar-refractivity contribution in [3.63, 3.8) is 0 Å². The third kappa shape index (κ3) is 5.37. The van der Waals surface area contributed by atoms with Crippen LogP contribution in [0.2, 0.25) is 0 Å². The van der Waals surface area contributed by atoms with E-state index in [-0.39, 0.29) is 25.5 Å². The van der Waals surface area contributed by atoms with Crippen LogP contribution in [0, 0.1) is 0 Å². The van der Waals surface area contributed by atoms with Crippen molar-refractivity contribution < 1.29 is 27.6 Å². The molecule has 1 aliphatic carbocycles. The Hall–Kier alpha value is -2.01. The van der Waals surface area contributed by atoms with Gasteiger partial charge in [-0.1, -0.05) is 12.1 Å². The second-order valence-electron chi connectivity index (χ2n) is 7.68. The number of amides is 1. The van der Waals surface area contributed by atoms with Gasteiger partial charge in [0.05, 0.1) is 27.0 Å². The maximum absolute atomic E-state index is 12.9. The molecule has 0 bridgehead atoms. The van der Waals surface area contributed by atoms with Gasteiger partial charge in [-0.05, 0) is 36.5 Å². The van der Waals surface area contributed by atoms with Gasteiger partial charge in [0.25, 0.3) is 5.91 Å². The molecule has 0 N–H and O–H groups in total. The largest absolute Gasteiger partial charge is 0.468 e. The number of sulfonamides is 1. The molecule has 1 saturated heterocycles. The first-order valence-corrected chi connectivity index (χ1v) is 11.8. The van der Waals surface area contributed by atoms with Gasteiger partial charge in [-0.2, -0.15) is 4.31 Å². The number of rotatable bonds is 8. The van der Waals surface area contributed by atoms with E-state index in [2.05, 4.69) is 0 Å². The number of nitrogens with zero attached hydrogens (tertiary/aromatic N) is 3. The number of carbonyl (C=O) groups excluding carboxylic acids is 2. The highest BCUT2D eigenvalue weighted by Crippen LogP contribution is 2.39. The molecule has 1 aliphatic heterocycles. The van der Waals surface area contributed by atoms with Gasteiger partial charge in [0, 0.05) is 31.7 Å². The van der Waals surface area contributed by atoms with Gasteiger partial charge in [-0.25, -0.2) is 13.5 Å².